The van der Waals surface area contributed by atoms with E-state index >= 15 is 0 Å². The van der Waals surface area contributed by atoms with E-state index in [2.05, 4.69) is 52.2 Å². The molecule has 0 aromatic heterocycles. The lowest BCUT2D eigenvalue weighted by atomic mass is 10.0. The molecular formula is C17H24BrNOS. The summed E-state index contributed by atoms with van der Waals surface area (Å²) in [6.45, 7) is 0.833. The van der Waals surface area contributed by atoms with Gasteiger partial charge in [0.15, 0.2) is 0 Å². The number of benzene rings is 1. The van der Waals surface area contributed by atoms with Gasteiger partial charge in [-0.2, -0.15) is 11.8 Å². The third kappa shape index (κ3) is 3.96. The zero-order chi connectivity index (χ0) is 14.7. The van der Waals surface area contributed by atoms with Crippen molar-refractivity contribution in [2.45, 2.75) is 49.8 Å². The Kier molecular flexibility index (Phi) is 5.52. The van der Waals surface area contributed by atoms with Crippen LogP contribution >= 0.6 is 27.7 Å². The van der Waals surface area contributed by atoms with Crippen LogP contribution in [0.5, 0.6) is 5.75 Å². The summed E-state index contributed by atoms with van der Waals surface area (Å²) in [5, 5.41) is 4.39. The first-order valence-electron chi connectivity index (χ1n) is 7.99. The highest BCUT2D eigenvalue weighted by molar-refractivity contribution is 9.10. The van der Waals surface area contributed by atoms with Crippen LogP contribution in [0.25, 0.3) is 0 Å². The number of hydrogen-bond acceptors (Lipinski definition) is 3. The summed E-state index contributed by atoms with van der Waals surface area (Å²) in [6.07, 6.45) is 7.78. The number of ether oxygens (including phenoxy) is 1. The van der Waals surface area contributed by atoms with E-state index in [0.717, 1.165) is 30.4 Å². The molecule has 21 heavy (non-hydrogen) atoms. The Labute approximate surface area is 140 Å². The van der Waals surface area contributed by atoms with E-state index in [1.165, 1.54) is 47.0 Å². The number of fused-ring (bicyclic) bond motifs is 1. The van der Waals surface area contributed by atoms with Gasteiger partial charge in [-0.25, -0.2) is 0 Å². The summed E-state index contributed by atoms with van der Waals surface area (Å²) in [5.41, 5.74) is 2.71. The van der Waals surface area contributed by atoms with Gasteiger partial charge < -0.3 is 10.1 Å². The highest BCUT2D eigenvalue weighted by Crippen LogP contribution is 2.35. The standard InChI is InChI=1S/C17H24BrNOS/c1-19-15(11-21-16-4-2-3-5-16)10-13-9-14(18)8-12-6-7-20-17(12)13/h8-9,15-16,19H,2-7,10-11H2,1H3. The SMILES string of the molecule is CNC(CSC1CCCC1)Cc1cc(Br)cc2c1OCC2. The largest absolute Gasteiger partial charge is 0.493 e. The van der Waals surface area contributed by atoms with Gasteiger partial charge in [0.05, 0.1) is 6.61 Å². The molecule has 0 amide bonds. The predicted molar refractivity (Wildman–Crippen MR) is 94.6 cm³/mol. The molecule has 0 saturated heterocycles. The van der Waals surface area contributed by atoms with E-state index in [4.69, 9.17) is 4.74 Å². The van der Waals surface area contributed by atoms with Crippen molar-refractivity contribution >= 4 is 27.7 Å². The summed E-state index contributed by atoms with van der Waals surface area (Å²) in [7, 11) is 2.08. The number of likely N-dealkylation sites (N-methyl/N-ethyl adjacent to an activating group) is 1. The van der Waals surface area contributed by atoms with Gasteiger partial charge in [0.1, 0.15) is 5.75 Å². The minimum Gasteiger partial charge on any atom is -0.493 e. The fraction of sp³-hybridized carbons (Fsp3) is 0.647. The Balaban J connectivity index is 1.63. The van der Waals surface area contributed by atoms with Crippen LogP contribution in [0.2, 0.25) is 0 Å². The van der Waals surface area contributed by atoms with Crippen LogP contribution < -0.4 is 10.1 Å². The molecule has 1 aromatic carbocycles. The Morgan fingerprint density at radius 2 is 2.19 bits per heavy atom. The minimum absolute atomic E-state index is 0.526. The maximum atomic E-state index is 5.85. The van der Waals surface area contributed by atoms with Crippen molar-refractivity contribution in [2.24, 2.45) is 0 Å². The van der Waals surface area contributed by atoms with E-state index in [1.54, 1.807) is 0 Å². The van der Waals surface area contributed by atoms with Gasteiger partial charge in [-0.1, -0.05) is 28.8 Å². The maximum Gasteiger partial charge on any atom is 0.125 e. The van der Waals surface area contributed by atoms with Gasteiger partial charge in [-0.15, -0.1) is 0 Å². The fourth-order valence-corrected chi connectivity index (χ4v) is 5.32. The second-order valence-corrected chi connectivity index (χ2v) is 8.33. The number of nitrogens with one attached hydrogen (secondary N) is 1. The van der Waals surface area contributed by atoms with Crippen molar-refractivity contribution in [3.63, 3.8) is 0 Å². The van der Waals surface area contributed by atoms with Crippen molar-refractivity contribution < 1.29 is 4.74 Å². The molecule has 4 heteroatoms. The van der Waals surface area contributed by atoms with Crippen LogP contribution in [0.4, 0.5) is 0 Å². The minimum atomic E-state index is 0.526. The number of halogens is 1. The maximum absolute atomic E-state index is 5.85. The molecule has 1 aliphatic heterocycles. The smallest absolute Gasteiger partial charge is 0.125 e. The summed E-state index contributed by atoms with van der Waals surface area (Å²) >= 11 is 5.80. The van der Waals surface area contributed by atoms with Gasteiger partial charge in [-0.3, -0.25) is 0 Å². The molecule has 3 rings (SSSR count). The second-order valence-electron chi connectivity index (χ2n) is 6.08. The van der Waals surface area contributed by atoms with E-state index in [1.807, 2.05) is 0 Å². The second kappa shape index (κ2) is 7.38. The normalized spacial score (nSPS) is 19.5. The number of rotatable bonds is 6. The monoisotopic (exact) mass is 369 g/mol. The van der Waals surface area contributed by atoms with Crippen LogP contribution in [0.1, 0.15) is 36.8 Å². The molecule has 1 aliphatic carbocycles. The quantitative estimate of drug-likeness (QED) is 0.811. The average molecular weight is 370 g/mol. The molecule has 1 N–H and O–H groups in total. The van der Waals surface area contributed by atoms with Crippen LogP contribution in [0, 0.1) is 0 Å². The Bertz CT molecular complexity index is 488. The topological polar surface area (TPSA) is 21.3 Å². The molecule has 1 atom stereocenters. The van der Waals surface area contributed by atoms with Crippen molar-refractivity contribution in [1.29, 1.82) is 0 Å². The number of hydrogen-bond donors (Lipinski definition) is 1. The zero-order valence-corrected chi connectivity index (χ0v) is 15.1. The lowest BCUT2D eigenvalue weighted by molar-refractivity contribution is 0.352. The fourth-order valence-electron chi connectivity index (χ4n) is 3.31. The third-order valence-corrected chi connectivity index (χ3v) is 6.53. The third-order valence-electron chi connectivity index (χ3n) is 4.54. The molecule has 1 aromatic rings. The lowest BCUT2D eigenvalue weighted by Crippen LogP contribution is -2.31. The number of thioether (sulfide) groups is 1. The molecule has 1 saturated carbocycles. The molecule has 1 unspecified atom stereocenters. The first-order valence-corrected chi connectivity index (χ1v) is 9.83. The van der Waals surface area contributed by atoms with Gasteiger partial charge in [-0.05, 0) is 49.6 Å². The van der Waals surface area contributed by atoms with Gasteiger partial charge >= 0.3 is 0 Å². The average Bonchev–Trinajstić information content (AvgIpc) is 3.13. The molecule has 0 radical (unpaired) electrons. The van der Waals surface area contributed by atoms with Crippen LogP contribution in [-0.2, 0) is 12.8 Å². The van der Waals surface area contributed by atoms with Gasteiger partial charge in [0, 0.05) is 27.9 Å². The van der Waals surface area contributed by atoms with Crippen molar-refractivity contribution in [2.75, 3.05) is 19.4 Å². The summed E-state index contributed by atoms with van der Waals surface area (Å²) in [4.78, 5) is 0. The van der Waals surface area contributed by atoms with Crippen LogP contribution in [0.15, 0.2) is 16.6 Å². The van der Waals surface area contributed by atoms with Crippen LogP contribution in [-0.4, -0.2) is 30.7 Å². The van der Waals surface area contributed by atoms with Crippen LogP contribution in [0.3, 0.4) is 0 Å². The molecule has 2 nitrogen and oxygen atoms in total. The molecular weight excluding hydrogens is 346 g/mol. The molecule has 1 fully saturated rings. The lowest BCUT2D eigenvalue weighted by Gasteiger charge is -2.19. The predicted octanol–water partition coefficient (Wildman–Crippen LogP) is 4.19. The van der Waals surface area contributed by atoms with Gasteiger partial charge in [0.25, 0.3) is 0 Å². The van der Waals surface area contributed by atoms with E-state index < -0.39 is 0 Å². The first-order chi connectivity index (χ1) is 10.3. The molecule has 2 aliphatic rings. The van der Waals surface area contributed by atoms with E-state index in [0.29, 0.717) is 6.04 Å². The molecule has 1 heterocycles. The van der Waals surface area contributed by atoms with Crippen molar-refractivity contribution in [1.82, 2.24) is 5.32 Å². The summed E-state index contributed by atoms with van der Waals surface area (Å²) in [6, 6.07) is 4.96. The molecule has 0 spiro atoms. The first kappa shape index (κ1) is 15.7. The van der Waals surface area contributed by atoms with E-state index in [-0.39, 0.29) is 0 Å². The molecule has 116 valence electrons. The summed E-state index contributed by atoms with van der Waals surface area (Å²) in [5.74, 6) is 2.34. The summed E-state index contributed by atoms with van der Waals surface area (Å²) < 4.78 is 7.03. The van der Waals surface area contributed by atoms with Gasteiger partial charge in [0.2, 0.25) is 0 Å². The Morgan fingerprint density at radius 1 is 1.38 bits per heavy atom. The highest BCUT2D eigenvalue weighted by Gasteiger charge is 2.21. The van der Waals surface area contributed by atoms with Crippen molar-refractivity contribution in [3.05, 3.63) is 27.7 Å². The van der Waals surface area contributed by atoms with E-state index in [9.17, 15) is 0 Å². The molecule has 0 bridgehead atoms. The Hall–Kier alpha value is -0.190. The highest BCUT2D eigenvalue weighted by atomic mass is 79.9. The Morgan fingerprint density at radius 3 is 2.95 bits per heavy atom. The van der Waals surface area contributed by atoms with Crippen molar-refractivity contribution in [3.8, 4) is 5.75 Å². The zero-order valence-electron chi connectivity index (χ0n) is 12.7.